The van der Waals surface area contributed by atoms with Gasteiger partial charge in [0.2, 0.25) is 0 Å². The number of aryl methyl sites for hydroxylation is 2. The largest absolute Gasteiger partial charge is 0.642 e. The van der Waals surface area contributed by atoms with Gasteiger partial charge < -0.3 is 9.62 Å². The first-order chi connectivity index (χ1) is 17.0. The summed E-state index contributed by atoms with van der Waals surface area (Å²) in [4.78, 5) is 5.07. The van der Waals surface area contributed by atoms with E-state index < -0.39 is 0 Å². The van der Waals surface area contributed by atoms with Gasteiger partial charge in [-0.1, -0.05) is 86.6 Å². The predicted octanol–water partition coefficient (Wildman–Crippen LogP) is 7.22. The lowest BCUT2D eigenvalue weighted by atomic mass is 9.72. The van der Waals surface area contributed by atoms with Crippen LogP contribution in [0.15, 0.2) is 54.6 Å². The van der Waals surface area contributed by atoms with Crippen molar-refractivity contribution in [2.75, 3.05) is 9.62 Å². The molecule has 194 valence electrons. The summed E-state index contributed by atoms with van der Waals surface area (Å²) in [5, 5.41) is 0. The van der Waals surface area contributed by atoms with Crippen LogP contribution in [0, 0.1) is 6.92 Å². The van der Waals surface area contributed by atoms with Crippen LogP contribution in [0.25, 0.3) is 11.4 Å². The standard InChI is InChI=1S/C32H44BN4/c1-21-14-13-15-26-27(21)29-34(12)16-17-35(29)33-36(20-22(2)37(26)33)28-24(31(6,7)8)18-23(30(3,4)5)19-25(28)32(9,10)11/h13-20H,1-12H3/q+1. The molecule has 0 atom stereocenters. The number of hydrogen-bond donors (Lipinski definition) is 0. The molecule has 0 fully saturated rings. The first kappa shape index (κ1) is 25.7. The monoisotopic (exact) mass is 495 g/mol. The molecular formula is C32H44BN4+. The van der Waals surface area contributed by atoms with Gasteiger partial charge in [0.05, 0.1) is 12.6 Å². The molecule has 5 heteroatoms. The van der Waals surface area contributed by atoms with Crippen LogP contribution in [-0.4, -0.2) is 11.7 Å². The number of allylic oxidation sites excluding steroid dienone is 1. The van der Waals surface area contributed by atoms with Crippen LogP contribution in [0.3, 0.4) is 0 Å². The average molecular weight is 496 g/mol. The van der Waals surface area contributed by atoms with E-state index in [2.05, 4.69) is 151 Å². The molecule has 0 amide bonds. The molecule has 1 aromatic heterocycles. The van der Waals surface area contributed by atoms with Crippen molar-refractivity contribution in [3.8, 4) is 11.4 Å². The third-order valence-corrected chi connectivity index (χ3v) is 8.05. The lowest BCUT2D eigenvalue weighted by Gasteiger charge is -2.38. The van der Waals surface area contributed by atoms with Crippen molar-refractivity contribution in [2.24, 2.45) is 7.05 Å². The van der Waals surface area contributed by atoms with Crippen LogP contribution in [0.5, 0.6) is 0 Å². The maximum atomic E-state index is 2.55. The number of anilines is 2. The van der Waals surface area contributed by atoms with Gasteiger partial charge in [0.1, 0.15) is 12.4 Å². The summed E-state index contributed by atoms with van der Waals surface area (Å²) in [5.41, 5.74) is 10.8. The third-order valence-electron chi connectivity index (χ3n) is 8.05. The number of aromatic nitrogens is 2. The van der Waals surface area contributed by atoms with Crippen molar-refractivity contribution >= 4 is 18.5 Å². The summed E-state index contributed by atoms with van der Waals surface area (Å²) in [6, 6.07) is 11.7. The van der Waals surface area contributed by atoms with E-state index >= 15 is 0 Å². The molecule has 0 N–H and O–H groups in total. The summed E-state index contributed by atoms with van der Waals surface area (Å²) >= 11 is 0. The van der Waals surface area contributed by atoms with Gasteiger partial charge in [-0.3, -0.25) is 4.48 Å². The van der Waals surface area contributed by atoms with E-state index in [9.17, 15) is 0 Å². The number of rotatable bonds is 1. The number of nitrogens with zero attached hydrogens (tertiary/aromatic N) is 4. The number of benzene rings is 2. The first-order valence-electron chi connectivity index (χ1n) is 13.6. The highest BCUT2D eigenvalue weighted by Gasteiger charge is 2.53. The van der Waals surface area contributed by atoms with E-state index in [-0.39, 0.29) is 23.4 Å². The molecule has 0 spiro atoms. The predicted molar refractivity (Wildman–Crippen MR) is 158 cm³/mol. The molecule has 37 heavy (non-hydrogen) atoms. The van der Waals surface area contributed by atoms with Crippen LogP contribution < -0.4 is 14.1 Å². The second-order valence-electron chi connectivity index (χ2n) is 14.2. The second kappa shape index (κ2) is 8.03. The zero-order chi connectivity index (χ0) is 27.2. The van der Waals surface area contributed by atoms with Crippen LogP contribution >= 0.6 is 0 Å². The fraction of sp³-hybridized carbons (Fsp3) is 0.469. The van der Waals surface area contributed by atoms with E-state index in [1.165, 1.54) is 50.7 Å². The molecule has 0 bridgehead atoms. The van der Waals surface area contributed by atoms with Crippen molar-refractivity contribution in [3.63, 3.8) is 0 Å². The van der Waals surface area contributed by atoms with E-state index in [4.69, 9.17) is 0 Å². The Morgan fingerprint density at radius 2 is 1.41 bits per heavy atom. The molecule has 3 aromatic rings. The van der Waals surface area contributed by atoms with Gasteiger partial charge in [0.15, 0.2) is 0 Å². The average Bonchev–Trinajstić information content (AvgIpc) is 3.31. The lowest BCUT2D eigenvalue weighted by molar-refractivity contribution is -0.526. The highest BCUT2D eigenvalue weighted by molar-refractivity contribution is 6.63. The highest BCUT2D eigenvalue weighted by atomic mass is 15.4. The van der Waals surface area contributed by atoms with Gasteiger partial charge >= 0.3 is 7.12 Å². The van der Waals surface area contributed by atoms with E-state index in [1.807, 2.05) is 0 Å². The van der Waals surface area contributed by atoms with Crippen molar-refractivity contribution in [1.29, 1.82) is 0 Å². The Bertz CT molecular complexity index is 1390. The molecule has 0 unspecified atom stereocenters. The highest BCUT2D eigenvalue weighted by Crippen LogP contribution is 2.47. The topological polar surface area (TPSA) is 15.3 Å². The Labute approximate surface area is 224 Å². The van der Waals surface area contributed by atoms with Crippen molar-refractivity contribution < 1.29 is 4.48 Å². The molecular weight excluding hydrogens is 451 g/mol. The summed E-state index contributed by atoms with van der Waals surface area (Å²) in [7, 11) is 2.17. The minimum atomic E-state index is -0.0148. The van der Waals surface area contributed by atoms with Crippen molar-refractivity contribution in [3.05, 3.63) is 76.9 Å². The van der Waals surface area contributed by atoms with Crippen LogP contribution in [0.1, 0.15) is 91.5 Å². The first-order valence-corrected chi connectivity index (χ1v) is 13.6. The minimum absolute atomic E-state index is 0.00758. The molecule has 3 heterocycles. The molecule has 2 aliphatic rings. The molecule has 0 aliphatic carbocycles. The van der Waals surface area contributed by atoms with E-state index in [0.717, 1.165) is 0 Å². The fourth-order valence-electron chi connectivity index (χ4n) is 6.01. The van der Waals surface area contributed by atoms with Crippen LogP contribution in [0.2, 0.25) is 0 Å². The quantitative estimate of drug-likeness (QED) is 0.331. The Morgan fingerprint density at radius 3 is 1.95 bits per heavy atom. The third kappa shape index (κ3) is 3.93. The summed E-state index contributed by atoms with van der Waals surface area (Å²) < 4.78 is 4.73. The molecule has 5 rings (SSSR count). The lowest BCUT2D eigenvalue weighted by Crippen LogP contribution is -2.69. The number of fused-ring (bicyclic) bond motifs is 6. The zero-order valence-electron chi connectivity index (χ0n) is 25.0. The Morgan fingerprint density at radius 1 is 0.811 bits per heavy atom. The maximum absolute atomic E-state index is 2.55. The van der Waals surface area contributed by atoms with Crippen LogP contribution in [-0.2, 0) is 23.3 Å². The summed E-state index contributed by atoms with van der Waals surface area (Å²) in [6.07, 6.45) is 6.82. The molecule has 0 saturated carbocycles. The van der Waals surface area contributed by atoms with Gasteiger partial charge in [-0.2, -0.15) is 0 Å². The van der Waals surface area contributed by atoms with Crippen molar-refractivity contribution in [2.45, 2.75) is 92.4 Å². The minimum Gasteiger partial charge on any atom is -0.327 e. The molecule has 2 aliphatic heterocycles. The second-order valence-corrected chi connectivity index (χ2v) is 14.2. The van der Waals surface area contributed by atoms with Crippen LogP contribution in [0.4, 0.5) is 11.4 Å². The van der Waals surface area contributed by atoms with Gasteiger partial charge in [0, 0.05) is 23.3 Å². The van der Waals surface area contributed by atoms with E-state index in [1.54, 1.807) is 0 Å². The molecule has 2 aromatic carbocycles. The van der Waals surface area contributed by atoms with Gasteiger partial charge in [0.25, 0.3) is 5.82 Å². The number of imidazole rings is 1. The smallest absolute Gasteiger partial charge is 0.327 e. The maximum Gasteiger partial charge on any atom is 0.642 e. The Hall–Kier alpha value is -2.95. The Kier molecular flexibility index (Phi) is 5.57. The van der Waals surface area contributed by atoms with E-state index in [0.29, 0.717) is 0 Å². The van der Waals surface area contributed by atoms with Gasteiger partial charge in [-0.15, -0.1) is 0 Å². The summed E-state index contributed by atoms with van der Waals surface area (Å²) in [6.45, 7) is 25.6. The summed E-state index contributed by atoms with van der Waals surface area (Å²) in [5.74, 6) is 1.25. The zero-order valence-corrected chi connectivity index (χ0v) is 25.0. The molecule has 0 radical (unpaired) electrons. The van der Waals surface area contributed by atoms with Gasteiger partial charge in [-0.05, 0) is 58.4 Å². The van der Waals surface area contributed by atoms with Crippen molar-refractivity contribution in [1.82, 2.24) is 4.57 Å². The Balaban J connectivity index is 1.84. The fourth-order valence-corrected chi connectivity index (χ4v) is 6.01. The number of hydrogen-bond acceptors (Lipinski definition) is 2. The SMILES string of the molecule is CC1=CN(c2c(C(C)(C)C)cc(C(C)(C)C)cc2C(C)(C)C)B2N1c1cccc(C)c1-c1n(C)cc[n+]12. The molecule has 0 saturated heterocycles. The molecule has 4 nitrogen and oxygen atoms in total. The van der Waals surface area contributed by atoms with Gasteiger partial charge in [-0.25, -0.2) is 4.57 Å². The normalized spacial score (nSPS) is 15.6.